The molecule has 2 aliphatic rings. The molecule has 1 saturated heterocycles. The van der Waals surface area contributed by atoms with Crippen LogP contribution in [0.25, 0.3) is 0 Å². The Morgan fingerprint density at radius 2 is 1.93 bits per heavy atom. The Labute approximate surface area is 162 Å². The number of carbonyl (C=O) groups is 2. The van der Waals surface area contributed by atoms with Crippen molar-refractivity contribution in [3.63, 3.8) is 0 Å². The van der Waals surface area contributed by atoms with Crippen LogP contribution in [0.2, 0.25) is 5.02 Å². The molecule has 140 valence electrons. The molecule has 0 bridgehead atoms. The predicted octanol–water partition coefficient (Wildman–Crippen LogP) is 3.30. The Morgan fingerprint density at radius 1 is 1.19 bits per heavy atom. The monoisotopic (exact) mass is 384 g/mol. The third-order valence-corrected chi connectivity index (χ3v) is 5.74. The zero-order chi connectivity index (χ0) is 18.9. The second-order valence-electron chi connectivity index (χ2n) is 7.30. The Hall–Kier alpha value is -2.60. The molecule has 1 spiro atoms. The molecule has 1 aliphatic heterocycles. The van der Waals surface area contributed by atoms with E-state index in [4.69, 9.17) is 11.6 Å². The van der Waals surface area contributed by atoms with Gasteiger partial charge in [0.05, 0.1) is 0 Å². The molecule has 7 heteroatoms. The Morgan fingerprint density at radius 3 is 2.67 bits per heavy atom. The van der Waals surface area contributed by atoms with Crippen LogP contribution in [-0.2, 0) is 11.3 Å². The third-order valence-electron chi connectivity index (χ3n) is 5.49. The number of nitrogens with one attached hydrogen (secondary N) is 2. The van der Waals surface area contributed by atoms with E-state index in [1.54, 1.807) is 41.6 Å². The lowest BCUT2D eigenvalue weighted by Crippen LogP contribution is -2.34. The van der Waals surface area contributed by atoms with Crippen molar-refractivity contribution >= 4 is 29.2 Å². The first-order valence-corrected chi connectivity index (χ1v) is 9.42. The van der Waals surface area contributed by atoms with Crippen molar-refractivity contribution < 1.29 is 9.59 Å². The van der Waals surface area contributed by atoms with E-state index in [2.05, 4.69) is 15.6 Å². The van der Waals surface area contributed by atoms with E-state index in [-0.39, 0.29) is 23.3 Å². The van der Waals surface area contributed by atoms with Gasteiger partial charge in [-0.25, -0.2) is 4.79 Å². The van der Waals surface area contributed by atoms with Crippen molar-refractivity contribution in [1.82, 2.24) is 15.2 Å². The fourth-order valence-corrected chi connectivity index (χ4v) is 3.91. The molecule has 3 amide bonds. The summed E-state index contributed by atoms with van der Waals surface area (Å²) in [6.45, 7) is 1.81. The maximum absolute atomic E-state index is 12.5. The standard InChI is InChI=1S/C20H21ClN4O2/c21-15-1-3-16(4-2-15)24-19(27)25-10-7-20(13-25)11-17(20)18(26)23-12-14-5-8-22-9-6-14/h1-6,8-9,17H,7,10-13H2,(H,23,26)(H,24,27)/t17-,20+/m0/s1. The van der Waals surface area contributed by atoms with Crippen molar-refractivity contribution in [1.29, 1.82) is 0 Å². The van der Waals surface area contributed by atoms with E-state index in [0.29, 0.717) is 30.3 Å². The molecule has 2 aromatic rings. The lowest BCUT2D eigenvalue weighted by molar-refractivity contribution is -0.123. The van der Waals surface area contributed by atoms with Gasteiger partial charge in [0.2, 0.25) is 5.91 Å². The van der Waals surface area contributed by atoms with Crippen molar-refractivity contribution in [3.8, 4) is 0 Å². The van der Waals surface area contributed by atoms with Gasteiger partial charge < -0.3 is 15.5 Å². The summed E-state index contributed by atoms with van der Waals surface area (Å²) in [4.78, 5) is 30.7. The minimum absolute atomic E-state index is 0.00679. The molecule has 0 radical (unpaired) electrons. The maximum Gasteiger partial charge on any atom is 0.321 e. The number of amides is 3. The highest BCUT2D eigenvalue weighted by Gasteiger charge is 2.61. The molecule has 1 aliphatic carbocycles. The number of carbonyl (C=O) groups excluding carboxylic acids is 2. The van der Waals surface area contributed by atoms with Crippen LogP contribution >= 0.6 is 11.6 Å². The van der Waals surface area contributed by atoms with Crippen LogP contribution in [-0.4, -0.2) is 34.9 Å². The summed E-state index contributed by atoms with van der Waals surface area (Å²) in [7, 11) is 0. The summed E-state index contributed by atoms with van der Waals surface area (Å²) in [6.07, 6.45) is 5.15. The Kier molecular flexibility index (Phi) is 4.74. The van der Waals surface area contributed by atoms with E-state index in [9.17, 15) is 9.59 Å². The number of anilines is 1. The van der Waals surface area contributed by atoms with Crippen LogP contribution < -0.4 is 10.6 Å². The number of hydrogen-bond donors (Lipinski definition) is 2. The number of halogens is 1. The van der Waals surface area contributed by atoms with E-state index < -0.39 is 0 Å². The van der Waals surface area contributed by atoms with Crippen LogP contribution in [0.4, 0.5) is 10.5 Å². The zero-order valence-electron chi connectivity index (χ0n) is 14.8. The number of hydrogen-bond acceptors (Lipinski definition) is 3. The highest BCUT2D eigenvalue weighted by atomic mass is 35.5. The molecular formula is C20H21ClN4O2. The van der Waals surface area contributed by atoms with Crippen LogP contribution in [0.1, 0.15) is 18.4 Å². The lowest BCUT2D eigenvalue weighted by atomic mass is 10.0. The highest BCUT2D eigenvalue weighted by molar-refractivity contribution is 6.30. The molecule has 2 atom stereocenters. The first-order chi connectivity index (χ1) is 13.1. The van der Waals surface area contributed by atoms with E-state index in [1.165, 1.54) is 0 Å². The van der Waals surface area contributed by atoms with Gasteiger partial charge in [-0.05, 0) is 54.8 Å². The van der Waals surface area contributed by atoms with Gasteiger partial charge in [-0.3, -0.25) is 9.78 Å². The number of nitrogens with zero attached hydrogens (tertiary/aromatic N) is 2. The molecule has 4 rings (SSSR count). The molecule has 2 fully saturated rings. The van der Waals surface area contributed by atoms with Crippen molar-refractivity contribution in [2.75, 3.05) is 18.4 Å². The SMILES string of the molecule is O=C(NCc1ccncc1)[C@@H]1C[C@@]12CCN(C(=O)Nc1ccc(Cl)cc1)C2. The van der Waals surface area contributed by atoms with Crippen molar-refractivity contribution in [3.05, 3.63) is 59.4 Å². The van der Waals surface area contributed by atoms with Crippen LogP contribution in [0.15, 0.2) is 48.8 Å². The molecule has 2 N–H and O–H groups in total. The van der Waals surface area contributed by atoms with Crippen molar-refractivity contribution in [2.45, 2.75) is 19.4 Å². The smallest absolute Gasteiger partial charge is 0.321 e. The number of urea groups is 1. The first-order valence-electron chi connectivity index (χ1n) is 9.04. The largest absolute Gasteiger partial charge is 0.352 e. The van der Waals surface area contributed by atoms with Gasteiger partial charge in [-0.15, -0.1) is 0 Å². The molecule has 27 heavy (non-hydrogen) atoms. The summed E-state index contributed by atoms with van der Waals surface area (Å²) in [5.74, 6) is 0.0689. The number of rotatable bonds is 4. The number of benzene rings is 1. The highest BCUT2D eigenvalue weighted by Crippen LogP contribution is 2.58. The maximum atomic E-state index is 12.5. The number of likely N-dealkylation sites (tertiary alicyclic amines) is 1. The summed E-state index contributed by atoms with van der Waals surface area (Å²) in [5, 5.41) is 6.52. The van der Waals surface area contributed by atoms with Crippen LogP contribution in [0.3, 0.4) is 0 Å². The minimum Gasteiger partial charge on any atom is -0.352 e. The summed E-state index contributed by atoms with van der Waals surface area (Å²) >= 11 is 5.87. The minimum atomic E-state index is -0.128. The van der Waals surface area contributed by atoms with Crippen LogP contribution in [0.5, 0.6) is 0 Å². The fraction of sp³-hybridized carbons (Fsp3) is 0.350. The Balaban J connectivity index is 1.28. The first kappa shape index (κ1) is 17.8. The second-order valence-corrected chi connectivity index (χ2v) is 7.74. The Bertz CT molecular complexity index is 843. The van der Waals surface area contributed by atoms with Gasteiger partial charge in [-0.1, -0.05) is 11.6 Å². The summed E-state index contributed by atoms with van der Waals surface area (Å²) in [5.41, 5.74) is 1.69. The topological polar surface area (TPSA) is 74.3 Å². The normalized spacial score (nSPS) is 23.3. The molecule has 0 unspecified atom stereocenters. The average molecular weight is 385 g/mol. The van der Waals surface area contributed by atoms with E-state index >= 15 is 0 Å². The number of aromatic nitrogens is 1. The van der Waals surface area contributed by atoms with Gasteiger partial charge in [0, 0.05) is 54.1 Å². The second kappa shape index (κ2) is 7.19. The summed E-state index contributed by atoms with van der Waals surface area (Å²) < 4.78 is 0. The van der Waals surface area contributed by atoms with Gasteiger partial charge in [0.15, 0.2) is 0 Å². The average Bonchev–Trinajstić information content (AvgIpc) is 3.22. The third kappa shape index (κ3) is 3.90. The van der Waals surface area contributed by atoms with E-state index in [0.717, 1.165) is 18.4 Å². The molecule has 1 saturated carbocycles. The predicted molar refractivity (Wildman–Crippen MR) is 103 cm³/mol. The summed E-state index contributed by atoms with van der Waals surface area (Å²) in [6, 6.07) is 10.7. The van der Waals surface area contributed by atoms with Crippen molar-refractivity contribution in [2.24, 2.45) is 11.3 Å². The molecule has 1 aromatic carbocycles. The number of pyridine rings is 1. The molecule has 2 heterocycles. The molecule has 1 aromatic heterocycles. The van der Waals surface area contributed by atoms with Gasteiger partial charge >= 0.3 is 6.03 Å². The fourth-order valence-electron chi connectivity index (χ4n) is 3.79. The molecule has 6 nitrogen and oxygen atoms in total. The van der Waals surface area contributed by atoms with Gasteiger partial charge in [-0.2, -0.15) is 0 Å². The van der Waals surface area contributed by atoms with Crippen LogP contribution in [0, 0.1) is 11.3 Å². The lowest BCUT2D eigenvalue weighted by Gasteiger charge is -2.17. The molecular weight excluding hydrogens is 364 g/mol. The van der Waals surface area contributed by atoms with Gasteiger partial charge in [0.1, 0.15) is 0 Å². The quantitative estimate of drug-likeness (QED) is 0.849. The van der Waals surface area contributed by atoms with E-state index in [1.807, 2.05) is 12.1 Å². The zero-order valence-corrected chi connectivity index (χ0v) is 15.6. The van der Waals surface area contributed by atoms with Gasteiger partial charge in [0.25, 0.3) is 0 Å².